The molecule has 0 spiro atoms. The molecule has 1 saturated heterocycles. The van der Waals surface area contributed by atoms with Crippen molar-refractivity contribution in [3.8, 4) is 0 Å². The van der Waals surface area contributed by atoms with E-state index in [0.29, 0.717) is 0 Å². The fraction of sp³-hybridized carbons (Fsp3) is 0.429. The van der Waals surface area contributed by atoms with Gasteiger partial charge in [-0.2, -0.15) is 0 Å². The second-order valence-corrected chi connectivity index (χ2v) is 5.02. The molecule has 1 heterocycles. The summed E-state index contributed by atoms with van der Waals surface area (Å²) in [6.45, 7) is 2.78. The summed E-state index contributed by atoms with van der Waals surface area (Å²) in [7, 11) is 0. The minimum Gasteiger partial charge on any atom is -0.386 e. The van der Waals surface area contributed by atoms with Gasteiger partial charge in [-0.15, -0.1) is 0 Å². The molecule has 20 heavy (non-hydrogen) atoms. The number of benzene rings is 1. The van der Waals surface area contributed by atoms with E-state index in [1.165, 1.54) is 6.07 Å². The van der Waals surface area contributed by atoms with Crippen molar-refractivity contribution in [1.29, 1.82) is 0 Å². The molecule has 1 aromatic rings. The first-order valence-electron chi connectivity index (χ1n) is 6.31. The van der Waals surface area contributed by atoms with Crippen LogP contribution in [0.25, 0.3) is 0 Å². The maximum absolute atomic E-state index is 13.5. The highest BCUT2D eigenvalue weighted by Gasteiger charge is 2.43. The summed E-state index contributed by atoms with van der Waals surface area (Å²) in [6.07, 6.45) is -1.58. The summed E-state index contributed by atoms with van der Waals surface area (Å²) in [5.41, 5.74) is -0.527. The lowest BCUT2D eigenvalue weighted by molar-refractivity contribution is -0.141. The van der Waals surface area contributed by atoms with E-state index in [2.05, 4.69) is 0 Å². The molecule has 108 valence electrons. The zero-order valence-corrected chi connectivity index (χ0v) is 11.1. The van der Waals surface area contributed by atoms with Gasteiger partial charge in [-0.05, 0) is 12.1 Å². The maximum Gasteiger partial charge on any atom is 0.232 e. The number of halogens is 2. The van der Waals surface area contributed by atoms with Crippen LogP contribution in [0.3, 0.4) is 0 Å². The predicted molar refractivity (Wildman–Crippen MR) is 66.4 cm³/mol. The Balaban J connectivity index is 2.22. The summed E-state index contributed by atoms with van der Waals surface area (Å²) in [4.78, 5) is 24.6. The van der Waals surface area contributed by atoms with Crippen molar-refractivity contribution >= 4 is 11.8 Å². The first-order chi connectivity index (χ1) is 9.34. The molecule has 0 aromatic heterocycles. The number of carbonyl (C=O) groups excluding carboxylic acids is 2. The summed E-state index contributed by atoms with van der Waals surface area (Å²) >= 11 is 0. The highest BCUT2D eigenvalue weighted by Crippen LogP contribution is 2.28. The fourth-order valence-corrected chi connectivity index (χ4v) is 2.30. The number of β-amino-alcohol motifs (C(OH)–C–C–N with tert-alkyl or cyclic N) is 1. The lowest BCUT2D eigenvalue weighted by Crippen LogP contribution is -2.35. The minimum atomic E-state index is -1.58. The summed E-state index contributed by atoms with van der Waals surface area (Å²) < 4.78 is 27.1. The normalized spacial score (nSPS) is 24.4. The topological polar surface area (TPSA) is 57.6 Å². The molecule has 4 nitrogen and oxygen atoms in total. The quantitative estimate of drug-likeness (QED) is 0.858. The lowest BCUT2D eigenvalue weighted by atomic mass is 10.00. The second kappa shape index (κ2) is 5.28. The summed E-state index contributed by atoms with van der Waals surface area (Å²) in [6, 6.07) is 3.21. The number of hydrogen-bond acceptors (Lipinski definition) is 3. The van der Waals surface area contributed by atoms with Crippen LogP contribution in [0.1, 0.15) is 25.5 Å². The van der Waals surface area contributed by atoms with Crippen LogP contribution in [0.15, 0.2) is 18.2 Å². The van der Waals surface area contributed by atoms with Gasteiger partial charge in [0.1, 0.15) is 17.7 Å². The Morgan fingerprint density at radius 2 is 1.60 bits per heavy atom. The number of aliphatic hydroxyl groups is 1. The van der Waals surface area contributed by atoms with Crippen molar-refractivity contribution in [2.45, 2.75) is 20.0 Å². The molecule has 2 rings (SSSR count). The van der Waals surface area contributed by atoms with Gasteiger partial charge in [-0.1, -0.05) is 19.9 Å². The SMILES string of the molecule is CC1C(=O)N(CC(O)c2c(F)cccc2F)C(=O)C1C. The molecule has 1 aliphatic heterocycles. The Hall–Kier alpha value is -1.82. The van der Waals surface area contributed by atoms with E-state index >= 15 is 0 Å². The van der Waals surface area contributed by atoms with Crippen molar-refractivity contribution in [3.05, 3.63) is 35.4 Å². The van der Waals surface area contributed by atoms with Gasteiger partial charge in [0.05, 0.1) is 12.1 Å². The molecule has 1 N–H and O–H groups in total. The molecule has 1 aliphatic rings. The van der Waals surface area contributed by atoms with Gasteiger partial charge in [0.15, 0.2) is 0 Å². The van der Waals surface area contributed by atoms with E-state index in [9.17, 15) is 23.5 Å². The van der Waals surface area contributed by atoms with Gasteiger partial charge in [-0.25, -0.2) is 8.78 Å². The van der Waals surface area contributed by atoms with Gasteiger partial charge in [0.2, 0.25) is 11.8 Å². The molecular formula is C14H15F2NO3. The van der Waals surface area contributed by atoms with E-state index in [1.807, 2.05) is 0 Å². The highest BCUT2D eigenvalue weighted by atomic mass is 19.1. The first-order valence-corrected chi connectivity index (χ1v) is 6.31. The smallest absolute Gasteiger partial charge is 0.232 e. The number of imide groups is 1. The van der Waals surface area contributed by atoms with Crippen LogP contribution < -0.4 is 0 Å². The monoisotopic (exact) mass is 283 g/mol. The van der Waals surface area contributed by atoms with Crippen molar-refractivity contribution in [2.75, 3.05) is 6.54 Å². The average molecular weight is 283 g/mol. The van der Waals surface area contributed by atoms with E-state index in [4.69, 9.17) is 0 Å². The van der Waals surface area contributed by atoms with Crippen LogP contribution in [0.4, 0.5) is 8.78 Å². The first kappa shape index (κ1) is 14.6. The average Bonchev–Trinajstić information content (AvgIpc) is 2.56. The number of likely N-dealkylation sites (tertiary alicyclic amines) is 1. The van der Waals surface area contributed by atoms with Crippen LogP contribution in [-0.4, -0.2) is 28.4 Å². The van der Waals surface area contributed by atoms with E-state index < -0.39 is 53.5 Å². The molecule has 0 radical (unpaired) electrons. The van der Waals surface area contributed by atoms with E-state index in [-0.39, 0.29) is 0 Å². The van der Waals surface area contributed by atoms with Crippen molar-refractivity contribution in [2.24, 2.45) is 11.8 Å². The third-order valence-corrected chi connectivity index (χ3v) is 3.75. The Morgan fingerprint density at radius 3 is 2.05 bits per heavy atom. The zero-order valence-electron chi connectivity index (χ0n) is 11.1. The largest absolute Gasteiger partial charge is 0.386 e. The van der Waals surface area contributed by atoms with Gasteiger partial charge in [0, 0.05) is 11.8 Å². The van der Waals surface area contributed by atoms with Gasteiger partial charge >= 0.3 is 0 Å². The Bertz CT molecular complexity index is 521. The van der Waals surface area contributed by atoms with Gasteiger partial charge in [0.25, 0.3) is 0 Å². The number of hydrogen-bond donors (Lipinski definition) is 1. The van der Waals surface area contributed by atoms with Crippen LogP contribution >= 0.6 is 0 Å². The number of nitrogens with zero attached hydrogens (tertiary/aromatic N) is 1. The Kier molecular flexibility index (Phi) is 3.85. The molecule has 3 unspecified atom stereocenters. The molecule has 0 saturated carbocycles. The molecule has 1 fully saturated rings. The van der Waals surface area contributed by atoms with Crippen molar-refractivity contribution < 1.29 is 23.5 Å². The lowest BCUT2D eigenvalue weighted by Gasteiger charge is -2.20. The zero-order chi connectivity index (χ0) is 15.0. The maximum atomic E-state index is 13.5. The minimum absolute atomic E-state index is 0.432. The molecule has 1 aromatic carbocycles. The molecular weight excluding hydrogens is 268 g/mol. The number of rotatable bonds is 3. The van der Waals surface area contributed by atoms with Gasteiger partial charge in [-0.3, -0.25) is 14.5 Å². The fourth-order valence-electron chi connectivity index (χ4n) is 2.30. The predicted octanol–water partition coefficient (Wildman–Crippen LogP) is 1.64. The summed E-state index contributed by atoms with van der Waals surface area (Å²) in [5, 5.41) is 9.92. The molecule has 0 bridgehead atoms. The highest BCUT2D eigenvalue weighted by molar-refractivity contribution is 6.04. The molecule has 3 atom stereocenters. The standard InChI is InChI=1S/C14H15F2NO3/c1-7-8(2)14(20)17(13(7)19)6-11(18)12-9(15)4-3-5-10(12)16/h3-5,7-8,11,18H,6H2,1-2H3. The Morgan fingerprint density at radius 1 is 1.15 bits per heavy atom. The van der Waals surface area contributed by atoms with Crippen molar-refractivity contribution in [1.82, 2.24) is 4.90 Å². The third-order valence-electron chi connectivity index (χ3n) is 3.75. The number of carbonyl (C=O) groups is 2. The van der Waals surface area contributed by atoms with Crippen LogP contribution in [0, 0.1) is 23.5 Å². The van der Waals surface area contributed by atoms with Crippen molar-refractivity contribution in [3.63, 3.8) is 0 Å². The van der Waals surface area contributed by atoms with Gasteiger partial charge < -0.3 is 5.11 Å². The van der Waals surface area contributed by atoms with Crippen LogP contribution in [0.5, 0.6) is 0 Å². The van der Waals surface area contributed by atoms with E-state index in [0.717, 1.165) is 17.0 Å². The third kappa shape index (κ3) is 2.31. The van der Waals surface area contributed by atoms with Crippen LogP contribution in [-0.2, 0) is 9.59 Å². The van der Waals surface area contributed by atoms with E-state index in [1.54, 1.807) is 13.8 Å². The molecule has 0 aliphatic carbocycles. The van der Waals surface area contributed by atoms with Crippen LogP contribution in [0.2, 0.25) is 0 Å². The second-order valence-electron chi connectivity index (χ2n) is 5.02. The molecule has 2 amide bonds. The number of aliphatic hydroxyl groups excluding tert-OH is 1. The molecule has 6 heteroatoms. The summed E-state index contributed by atoms with van der Waals surface area (Å²) in [5.74, 6) is -3.65. The number of amides is 2. The Labute approximate surface area is 115 Å².